The molecular formula is C30H30ClNO5. The minimum atomic E-state index is -0.872. The van der Waals surface area contributed by atoms with Gasteiger partial charge in [0, 0.05) is 11.3 Å². The number of amides is 1. The third kappa shape index (κ3) is 5.35. The summed E-state index contributed by atoms with van der Waals surface area (Å²) in [6.07, 6.45) is -0.0629. The van der Waals surface area contributed by atoms with Crippen molar-refractivity contribution in [2.45, 2.75) is 46.8 Å². The van der Waals surface area contributed by atoms with Gasteiger partial charge in [-0.1, -0.05) is 29.8 Å². The van der Waals surface area contributed by atoms with Crippen LogP contribution in [0.1, 0.15) is 49.1 Å². The molecule has 1 aliphatic rings. The van der Waals surface area contributed by atoms with Gasteiger partial charge in [-0.3, -0.25) is 14.5 Å². The average molecular weight is 520 g/mol. The van der Waals surface area contributed by atoms with Gasteiger partial charge in [-0.2, -0.15) is 0 Å². The first-order valence-corrected chi connectivity index (χ1v) is 12.6. The Morgan fingerprint density at radius 1 is 1.03 bits per heavy atom. The largest absolute Gasteiger partial charge is 0.507 e. The Kier molecular flexibility index (Phi) is 7.60. The van der Waals surface area contributed by atoms with E-state index in [0.717, 1.165) is 11.1 Å². The average Bonchev–Trinajstić information content (AvgIpc) is 3.10. The molecule has 0 aromatic heterocycles. The number of halogens is 1. The Hall–Kier alpha value is -3.77. The Bertz CT molecular complexity index is 1370. The molecule has 0 radical (unpaired) electrons. The zero-order chi connectivity index (χ0) is 26.9. The molecule has 37 heavy (non-hydrogen) atoms. The second-order valence-electron chi connectivity index (χ2n) is 9.33. The van der Waals surface area contributed by atoms with Gasteiger partial charge >= 0.3 is 0 Å². The van der Waals surface area contributed by atoms with Gasteiger partial charge in [0.2, 0.25) is 0 Å². The van der Waals surface area contributed by atoms with Gasteiger partial charge in [-0.15, -0.1) is 0 Å². The van der Waals surface area contributed by atoms with E-state index in [4.69, 9.17) is 21.1 Å². The highest BCUT2D eigenvalue weighted by molar-refractivity contribution is 6.51. The minimum Gasteiger partial charge on any atom is -0.507 e. The van der Waals surface area contributed by atoms with Crippen LogP contribution < -0.4 is 14.4 Å². The molecular weight excluding hydrogens is 490 g/mol. The first-order chi connectivity index (χ1) is 17.6. The lowest BCUT2D eigenvalue weighted by Crippen LogP contribution is -2.29. The maximum atomic E-state index is 13.5. The van der Waals surface area contributed by atoms with Crippen molar-refractivity contribution < 1.29 is 24.2 Å². The number of rotatable bonds is 7. The van der Waals surface area contributed by atoms with Crippen molar-refractivity contribution in [3.63, 3.8) is 0 Å². The highest BCUT2D eigenvalue weighted by Gasteiger charge is 2.47. The van der Waals surface area contributed by atoms with Crippen molar-refractivity contribution >= 4 is 34.7 Å². The number of ether oxygens (including phenoxy) is 2. The van der Waals surface area contributed by atoms with E-state index in [1.54, 1.807) is 24.3 Å². The van der Waals surface area contributed by atoms with Crippen molar-refractivity contribution in [3.8, 4) is 11.5 Å². The number of aliphatic hydroxyl groups is 1. The number of carbonyl (C=O) groups excluding carboxylic acids is 2. The van der Waals surface area contributed by atoms with E-state index in [1.807, 2.05) is 71.0 Å². The molecule has 0 bridgehead atoms. The van der Waals surface area contributed by atoms with Gasteiger partial charge in [0.1, 0.15) is 17.3 Å². The topological polar surface area (TPSA) is 76.1 Å². The van der Waals surface area contributed by atoms with E-state index in [0.29, 0.717) is 39.9 Å². The summed E-state index contributed by atoms with van der Waals surface area (Å²) in [5, 5.41) is 11.8. The van der Waals surface area contributed by atoms with E-state index in [-0.39, 0.29) is 17.4 Å². The van der Waals surface area contributed by atoms with Gasteiger partial charge in [0.05, 0.1) is 29.3 Å². The van der Waals surface area contributed by atoms with Crippen LogP contribution in [0.25, 0.3) is 5.76 Å². The molecule has 192 valence electrons. The van der Waals surface area contributed by atoms with E-state index >= 15 is 0 Å². The standard InChI is InChI=1S/C30H30ClNO5/c1-6-36-25-16-21(10-11-24(25)31)28(33)26-27(20-8-7-9-23(15-20)37-17(2)3)32(30(35)29(26)34)22-13-18(4)12-19(5)14-22/h7-17,27,33H,6H2,1-5H3/b28-26-. The van der Waals surface area contributed by atoms with Crippen LogP contribution >= 0.6 is 11.6 Å². The van der Waals surface area contributed by atoms with Crippen LogP contribution in [0.2, 0.25) is 5.02 Å². The minimum absolute atomic E-state index is 0.0179. The third-order valence-corrected chi connectivity index (χ3v) is 6.29. The monoisotopic (exact) mass is 519 g/mol. The van der Waals surface area contributed by atoms with Gasteiger partial charge in [-0.05, 0) is 93.8 Å². The van der Waals surface area contributed by atoms with Gasteiger partial charge < -0.3 is 14.6 Å². The van der Waals surface area contributed by atoms with E-state index in [2.05, 4.69) is 0 Å². The number of hydrogen-bond acceptors (Lipinski definition) is 5. The second kappa shape index (κ2) is 10.7. The summed E-state index contributed by atoms with van der Waals surface area (Å²) in [6, 6.07) is 16.8. The van der Waals surface area contributed by atoms with Crippen molar-refractivity contribution in [3.05, 3.63) is 93.5 Å². The summed E-state index contributed by atoms with van der Waals surface area (Å²) < 4.78 is 11.5. The Morgan fingerprint density at radius 3 is 2.38 bits per heavy atom. The number of anilines is 1. The SMILES string of the molecule is CCOc1cc(/C(O)=C2/C(=O)C(=O)N(c3cc(C)cc(C)c3)C2c2cccc(OC(C)C)c2)ccc1Cl. The number of benzene rings is 3. The lowest BCUT2D eigenvalue weighted by atomic mass is 9.94. The lowest BCUT2D eigenvalue weighted by Gasteiger charge is -2.26. The predicted molar refractivity (Wildman–Crippen MR) is 146 cm³/mol. The summed E-state index contributed by atoms with van der Waals surface area (Å²) in [5.74, 6) is -0.817. The number of carbonyl (C=O) groups is 2. The normalized spacial score (nSPS) is 16.9. The fourth-order valence-corrected chi connectivity index (χ4v) is 4.78. The Balaban J connectivity index is 1.95. The highest BCUT2D eigenvalue weighted by Crippen LogP contribution is 2.44. The Labute approximate surface area is 222 Å². The van der Waals surface area contributed by atoms with Crippen LogP contribution in [0, 0.1) is 13.8 Å². The molecule has 3 aromatic carbocycles. The van der Waals surface area contributed by atoms with E-state index in [1.165, 1.54) is 4.90 Å². The number of aliphatic hydroxyl groups excluding tert-OH is 1. The number of ketones is 1. The van der Waals surface area contributed by atoms with Crippen LogP contribution in [0.5, 0.6) is 11.5 Å². The summed E-state index contributed by atoms with van der Waals surface area (Å²) in [4.78, 5) is 28.4. The van der Waals surface area contributed by atoms with E-state index in [9.17, 15) is 14.7 Å². The summed E-state index contributed by atoms with van der Waals surface area (Å²) in [7, 11) is 0. The lowest BCUT2D eigenvalue weighted by molar-refractivity contribution is -0.132. The molecule has 1 unspecified atom stereocenters. The van der Waals surface area contributed by atoms with Crippen LogP contribution in [0.4, 0.5) is 5.69 Å². The van der Waals surface area contributed by atoms with E-state index < -0.39 is 17.7 Å². The number of Topliss-reactive ketones (excluding diaryl/α,β-unsaturated/α-hetero) is 1. The smallest absolute Gasteiger partial charge is 0.300 e. The quantitative estimate of drug-likeness (QED) is 0.212. The number of hydrogen-bond donors (Lipinski definition) is 1. The molecule has 3 aromatic rings. The molecule has 1 amide bonds. The molecule has 1 aliphatic heterocycles. The van der Waals surface area contributed by atoms with Crippen LogP contribution in [-0.4, -0.2) is 29.5 Å². The molecule has 6 nitrogen and oxygen atoms in total. The molecule has 1 atom stereocenters. The molecule has 0 aliphatic carbocycles. The first-order valence-electron chi connectivity index (χ1n) is 12.2. The molecule has 4 rings (SSSR count). The summed E-state index contributed by atoms with van der Waals surface area (Å²) in [5.41, 5.74) is 3.42. The molecule has 7 heteroatoms. The maximum absolute atomic E-state index is 13.5. The van der Waals surface area contributed by atoms with Gasteiger partial charge in [0.25, 0.3) is 11.7 Å². The zero-order valence-electron chi connectivity index (χ0n) is 21.5. The van der Waals surface area contributed by atoms with Crippen molar-refractivity contribution in [1.82, 2.24) is 0 Å². The third-order valence-electron chi connectivity index (χ3n) is 5.98. The molecule has 1 heterocycles. The van der Waals surface area contributed by atoms with Gasteiger partial charge in [-0.25, -0.2) is 0 Å². The number of aryl methyl sites for hydroxylation is 2. The van der Waals surface area contributed by atoms with Crippen LogP contribution in [-0.2, 0) is 9.59 Å². The molecule has 1 fully saturated rings. The van der Waals surface area contributed by atoms with Crippen LogP contribution in [0.15, 0.2) is 66.2 Å². The van der Waals surface area contributed by atoms with Gasteiger partial charge in [0.15, 0.2) is 0 Å². The molecule has 0 saturated carbocycles. The first kappa shape index (κ1) is 26.3. The van der Waals surface area contributed by atoms with Crippen molar-refractivity contribution in [1.29, 1.82) is 0 Å². The van der Waals surface area contributed by atoms with Crippen LogP contribution in [0.3, 0.4) is 0 Å². The predicted octanol–water partition coefficient (Wildman–Crippen LogP) is 6.77. The zero-order valence-corrected chi connectivity index (χ0v) is 22.3. The fourth-order valence-electron chi connectivity index (χ4n) is 4.61. The number of nitrogens with zero attached hydrogens (tertiary/aromatic N) is 1. The second-order valence-corrected chi connectivity index (χ2v) is 9.74. The highest BCUT2D eigenvalue weighted by atomic mass is 35.5. The fraction of sp³-hybridized carbons (Fsp3) is 0.267. The summed E-state index contributed by atoms with van der Waals surface area (Å²) >= 11 is 6.24. The summed E-state index contributed by atoms with van der Waals surface area (Å²) in [6.45, 7) is 9.91. The van der Waals surface area contributed by atoms with Crippen molar-refractivity contribution in [2.75, 3.05) is 11.5 Å². The van der Waals surface area contributed by atoms with Crippen molar-refractivity contribution in [2.24, 2.45) is 0 Å². The molecule has 1 saturated heterocycles. The maximum Gasteiger partial charge on any atom is 0.300 e. The molecule has 1 N–H and O–H groups in total. The Morgan fingerprint density at radius 2 is 1.73 bits per heavy atom. The molecule has 0 spiro atoms.